The first-order valence-corrected chi connectivity index (χ1v) is 8.78. The third-order valence-electron chi connectivity index (χ3n) is 3.16. The van der Waals surface area contributed by atoms with Crippen LogP contribution < -0.4 is 4.74 Å². The number of hydrogen-bond donors (Lipinski definition) is 0. The molecule has 0 saturated carbocycles. The van der Waals surface area contributed by atoms with E-state index < -0.39 is 9.84 Å². The molecule has 0 aliphatic heterocycles. The van der Waals surface area contributed by atoms with E-state index in [0.717, 1.165) is 5.56 Å². The second kappa shape index (κ2) is 6.18. The fourth-order valence-corrected chi connectivity index (χ4v) is 2.65. The van der Waals surface area contributed by atoms with E-state index in [1.54, 1.807) is 36.5 Å². The Morgan fingerprint density at radius 2 is 1.61 bits per heavy atom. The summed E-state index contributed by atoms with van der Waals surface area (Å²) in [4.78, 5) is 8.71. The van der Waals surface area contributed by atoms with Gasteiger partial charge in [0.05, 0.1) is 10.6 Å². The van der Waals surface area contributed by atoms with Crippen LogP contribution in [0.15, 0.2) is 71.8 Å². The predicted molar refractivity (Wildman–Crippen MR) is 87.1 cm³/mol. The lowest BCUT2D eigenvalue weighted by molar-refractivity contribution is 0.442. The molecule has 0 saturated heterocycles. The van der Waals surface area contributed by atoms with Gasteiger partial charge in [0, 0.05) is 18.0 Å². The van der Waals surface area contributed by atoms with E-state index in [9.17, 15) is 8.42 Å². The number of nitrogens with zero attached hydrogens (tertiary/aromatic N) is 2. The maximum atomic E-state index is 11.5. The van der Waals surface area contributed by atoms with Crippen molar-refractivity contribution >= 4 is 9.84 Å². The summed E-state index contributed by atoms with van der Waals surface area (Å²) in [7, 11) is -3.21. The molecule has 0 radical (unpaired) electrons. The first-order chi connectivity index (χ1) is 11.0. The minimum atomic E-state index is -3.21. The van der Waals surface area contributed by atoms with Crippen LogP contribution in [0.1, 0.15) is 0 Å². The Bertz CT molecular complexity index is 908. The van der Waals surface area contributed by atoms with E-state index in [2.05, 4.69) is 9.97 Å². The molecular weight excluding hydrogens is 312 g/mol. The van der Waals surface area contributed by atoms with E-state index in [-0.39, 0.29) is 10.9 Å². The standard InChI is InChI=1S/C17H14N2O3S/c1-23(20,21)15-9-7-13(8-10-15)16-11-12-18-17(19-16)22-14-5-3-2-4-6-14/h2-12H,1H3. The SMILES string of the molecule is CS(=O)(=O)c1ccc(-c2ccnc(Oc3ccccc3)n2)cc1. The average Bonchev–Trinajstić information content (AvgIpc) is 2.55. The molecule has 2 aromatic carbocycles. The lowest BCUT2D eigenvalue weighted by Gasteiger charge is -2.06. The molecule has 0 atom stereocenters. The Morgan fingerprint density at radius 1 is 0.913 bits per heavy atom. The van der Waals surface area contributed by atoms with Crippen LogP contribution in [0.3, 0.4) is 0 Å². The normalized spacial score (nSPS) is 11.2. The van der Waals surface area contributed by atoms with Crippen molar-refractivity contribution in [3.63, 3.8) is 0 Å². The molecule has 0 aliphatic rings. The average molecular weight is 326 g/mol. The Labute approximate surface area is 134 Å². The lowest BCUT2D eigenvalue weighted by Crippen LogP contribution is -1.97. The number of sulfone groups is 1. The molecule has 3 aromatic rings. The second-order valence-corrected chi connectivity index (χ2v) is 6.95. The zero-order chi connectivity index (χ0) is 16.3. The fraction of sp³-hybridized carbons (Fsp3) is 0.0588. The lowest BCUT2D eigenvalue weighted by atomic mass is 10.1. The fourth-order valence-electron chi connectivity index (χ4n) is 2.02. The van der Waals surface area contributed by atoms with Crippen molar-refractivity contribution in [3.8, 4) is 23.0 Å². The zero-order valence-electron chi connectivity index (χ0n) is 12.4. The Kier molecular flexibility index (Phi) is 4.08. The predicted octanol–water partition coefficient (Wildman–Crippen LogP) is 3.34. The Balaban J connectivity index is 1.88. The summed E-state index contributed by atoms with van der Waals surface area (Å²) in [5.41, 5.74) is 1.45. The molecule has 0 spiro atoms. The van der Waals surface area contributed by atoms with Crippen molar-refractivity contribution in [2.45, 2.75) is 4.90 Å². The molecule has 3 rings (SSSR count). The van der Waals surface area contributed by atoms with E-state index in [0.29, 0.717) is 11.4 Å². The zero-order valence-corrected chi connectivity index (χ0v) is 13.2. The molecule has 0 fully saturated rings. The molecule has 5 nitrogen and oxygen atoms in total. The molecule has 116 valence electrons. The van der Waals surface area contributed by atoms with E-state index >= 15 is 0 Å². The summed E-state index contributed by atoms with van der Waals surface area (Å²) < 4.78 is 28.6. The van der Waals surface area contributed by atoms with Gasteiger partial charge in [0.1, 0.15) is 5.75 Å². The molecular formula is C17H14N2O3S. The number of rotatable bonds is 4. The van der Waals surface area contributed by atoms with Gasteiger partial charge in [-0.1, -0.05) is 30.3 Å². The first-order valence-electron chi connectivity index (χ1n) is 6.89. The van der Waals surface area contributed by atoms with Gasteiger partial charge in [0.25, 0.3) is 0 Å². The van der Waals surface area contributed by atoms with Crippen molar-refractivity contribution in [2.24, 2.45) is 0 Å². The van der Waals surface area contributed by atoms with Crippen molar-refractivity contribution in [1.29, 1.82) is 0 Å². The van der Waals surface area contributed by atoms with Crippen LogP contribution in [0.2, 0.25) is 0 Å². The molecule has 0 amide bonds. The van der Waals surface area contributed by atoms with Gasteiger partial charge in [-0.05, 0) is 30.3 Å². The van der Waals surface area contributed by atoms with Crippen molar-refractivity contribution < 1.29 is 13.2 Å². The van der Waals surface area contributed by atoms with Crippen LogP contribution >= 0.6 is 0 Å². The molecule has 23 heavy (non-hydrogen) atoms. The highest BCUT2D eigenvalue weighted by molar-refractivity contribution is 7.90. The highest BCUT2D eigenvalue weighted by Crippen LogP contribution is 2.22. The Hall–Kier alpha value is -2.73. The highest BCUT2D eigenvalue weighted by Gasteiger charge is 2.08. The summed E-state index contributed by atoms with van der Waals surface area (Å²) in [6, 6.07) is 17.8. The summed E-state index contributed by atoms with van der Waals surface area (Å²) in [6.45, 7) is 0. The van der Waals surface area contributed by atoms with E-state index in [4.69, 9.17) is 4.74 Å². The summed E-state index contributed by atoms with van der Waals surface area (Å²) in [5.74, 6) is 0.650. The molecule has 1 aromatic heterocycles. The quantitative estimate of drug-likeness (QED) is 0.735. The van der Waals surface area contributed by atoms with Gasteiger partial charge in [-0.3, -0.25) is 0 Å². The van der Waals surface area contributed by atoms with Crippen LogP contribution in [0, 0.1) is 0 Å². The van der Waals surface area contributed by atoms with Gasteiger partial charge in [-0.2, -0.15) is 4.98 Å². The minimum absolute atomic E-state index is 0.237. The smallest absolute Gasteiger partial charge is 0.322 e. The van der Waals surface area contributed by atoms with Crippen LogP contribution in [-0.2, 0) is 9.84 Å². The van der Waals surface area contributed by atoms with Crippen molar-refractivity contribution in [3.05, 3.63) is 66.9 Å². The van der Waals surface area contributed by atoms with E-state index in [1.807, 2.05) is 30.3 Å². The molecule has 0 N–H and O–H groups in total. The highest BCUT2D eigenvalue weighted by atomic mass is 32.2. The number of aromatic nitrogens is 2. The third-order valence-corrected chi connectivity index (χ3v) is 4.29. The second-order valence-electron chi connectivity index (χ2n) is 4.94. The summed E-state index contributed by atoms with van der Waals surface area (Å²) in [6.07, 6.45) is 2.78. The number of benzene rings is 2. The van der Waals surface area contributed by atoms with Gasteiger partial charge in [-0.15, -0.1) is 0 Å². The van der Waals surface area contributed by atoms with Gasteiger partial charge < -0.3 is 4.74 Å². The van der Waals surface area contributed by atoms with Gasteiger partial charge >= 0.3 is 6.01 Å². The molecule has 0 aliphatic carbocycles. The molecule has 6 heteroatoms. The minimum Gasteiger partial charge on any atom is -0.424 e. The van der Waals surface area contributed by atoms with E-state index in [1.165, 1.54) is 6.26 Å². The van der Waals surface area contributed by atoms with Crippen molar-refractivity contribution in [2.75, 3.05) is 6.26 Å². The molecule has 0 unspecified atom stereocenters. The summed E-state index contributed by atoms with van der Waals surface area (Å²) >= 11 is 0. The Morgan fingerprint density at radius 3 is 2.26 bits per heavy atom. The number of ether oxygens (including phenoxy) is 1. The van der Waals surface area contributed by atoms with Crippen LogP contribution in [0.4, 0.5) is 0 Å². The molecule has 1 heterocycles. The maximum absolute atomic E-state index is 11.5. The third kappa shape index (κ3) is 3.73. The molecule has 0 bridgehead atoms. The number of para-hydroxylation sites is 1. The maximum Gasteiger partial charge on any atom is 0.322 e. The van der Waals surface area contributed by atoms with Gasteiger partial charge in [-0.25, -0.2) is 13.4 Å². The monoisotopic (exact) mass is 326 g/mol. The first kappa shape index (κ1) is 15.2. The topological polar surface area (TPSA) is 69.2 Å². The number of hydrogen-bond acceptors (Lipinski definition) is 5. The van der Waals surface area contributed by atoms with Gasteiger partial charge in [0.15, 0.2) is 9.84 Å². The van der Waals surface area contributed by atoms with Gasteiger partial charge in [0.2, 0.25) is 0 Å². The van der Waals surface area contributed by atoms with Crippen molar-refractivity contribution in [1.82, 2.24) is 9.97 Å². The van der Waals surface area contributed by atoms with Crippen LogP contribution in [0.5, 0.6) is 11.8 Å². The van der Waals surface area contributed by atoms with Crippen LogP contribution in [0.25, 0.3) is 11.3 Å². The largest absolute Gasteiger partial charge is 0.424 e. The van der Waals surface area contributed by atoms with Crippen LogP contribution in [-0.4, -0.2) is 24.6 Å². The summed E-state index contributed by atoms with van der Waals surface area (Å²) in [5, 5.41) is 0.